The fraction of sp³-hybridized carbons (Fsp3) is 0.833. The number of hydrogen-bond donors (Lipinski definition) is 1. The van der Waals surface area contributed by atoms with Crippen LogP contribution in [0.3, 0.4) is 0 Å². The van der Waals surface area contributed by atoms with Crippen LogP contribution in [0.15, 0.2) is 12.4 Å². The van der Waals surface area contributed by atoms with Gasteiger partial charge in [0, 0.05) is 30.4 Å². The maximum Gasteiger partial charge on any atom is 0.0534 e. The summed E-state index contributed by atoms with van der Waals surface area (Å²) in [6.07, 6.45) is 15.1. The second kappa shape index (κ2) is 9.99. The fourth-order valence-corrected chi connectivity index (χ4v) is 2.39. The Labute approximate surface area is 131 Å². The molecule has 0 aliphatic rings. The standard InChI is InChI=1S/C18H35N3/c1-5-6-7-8-9-10-11-12-13-21-16-17(15-20-21)14-19-18(2,3)4/h15-16,19H,5-14H2,1-4H3. The van der Waals surface area contributed by atoms with Crippen LogP contribution in [0.4, 0.5) is 0 Å². The van der Waals surface area contributed by atoms with Crippen LogP contribution in [0.2, 0.25) is 0 Å². The van der Waals surface area contributed by atoms with Crippen molar-refractivity contribution < 1.29 is 0 Å². The molecule has 0 amide bonds. The van der Waals surface area contributed by atoms with Crippen molar-refractivity contribution in [2.75, 3.05) is 0 Å². The van der Waals surface area contributed by atoms with E-state index in [1.54, 1.807) is 0 Å². The number of hydrogen-bond acceptors (Lipinski definition) is 2. The van der Waals surface area contributed by atoms with Gasteiger partial charge in [0.1, 0.15) is 0 Å². The number of aryl methyl sites for hydroxylation is 1. The van der Waals surface area contributed by atoms with Crippen molar-refractivity contribution in [1.29, 1.82) is 0 Å². The molecule has 1 rings (SSSR count). The van der Waals surface area contributed by atoms with Crippen molar-refractivity contribution >= 4 is 0 Å². The van der Waals surface area contributed by atoms with Crippen LogP contribution in [0, 0.1) is 0 Å². The van der Waals surface area contributed by atoms with Gasteiger partial charge in [0.2, 0.25) is 0 Å². The molecule has 1 heterocycles. The van der Waals surface area contributed by atoms with Gasteiger partial charge in [0.05, 0.1) is 6.20 Å². The highest BCUT2D eigenvalue weighted by Crippen LogP contribution is 2.09. The molecular formula is C18H35N3. The van der Waals surface area contributed by atoms with Crippen LogP contribution in [0.1, 0.15) is 84.6 Å². The SMILES string of the molecule is CCCCCCCCCCn1cc(CNC(C)(C)C)cn1. The minimum Gasteiger partial charge on any atom is -0.308 e. The summed E-state index contributed by atoms with van der Waals surface area (Å²) < 4.78 is 2.09. The third kappa shape index (κ3) is 9.67. The molecule has 0 saturated carbocycles. The molecule has 3 heteroatoms. The first-order valence-corrected chi connectivity index (χ1v) is 8.77. The number of nitrogens with one attached hydrogen (secondary N) is 1. The summed E-state index contributed by atoms with van der Waals surface area (Å²) in [5, 5.41) is 7.95. The lowest BCUT2D eigenvalue weighted by Crippen LogP contribution is -2.34. The van der Waals surface area contributed by atoms with Gasteiger partial charge in [-0.1, -0.05) is 51.9 Å². The molecule has 0 fully saturated rings. The lowest BCUT2D eigenvalue weighted by Gasteiger charge is -2.19. The van der Waals surface area contributed by atoms with Crippen LogP contribution in [0.5, 0.6) is 0 Å². The highest BCUT2D eigenvalue weighted by molar-refractivity contribution is 5.03. The van der Waals surface area contributed by atoms with Gasteiger partial charge in [-0.25, -0.2) is 0 Å². The summed E-state index contributed by atoms with van der Waals surface area (Å²) in [5.74, 6) is 0. The fourth-order valence-electron chi connectivity index (χ4n) is 2.39. The van der Waals surface area contributed by atoms with Crippen molar-refractivity contribution in [3.63, 3.8) is 0 Å². The third-order valence-corrected chi connectivity index (χ3v) is 3.75. The number of rotatable bonds is 11. The molecule has 0 radical (unpaired) electrons. The molecule has 0 atom stereocenters. The van der Waals surface area contributed by atoms with E-state index in [4.69, 9.17) is 0 Å². The second-order valence-electron chi connectivity index (χ2n) is 7.19. The van der Waals surface area contributed by atoms with E-state index in [2.05, 4.69) is 49.0 Å². The molecule has 1 N–H and O–H groups in total. The van der Waals surface area contributed by atoms with Crippen molar-refractivity contribution in [2.24, 2.45) is 0 Å². The molecule has 0 aliphatic heterocycles. The van der Waals surface area contributed by atoms with E-state index < -0.39 is 0 Å². The van der Waals surface area contributed by atoms with E-state index in [0.717, 1.165) is 13.1 Å². The first kappa shape index (κ1) is 18.2. The van der Waals surface area contributed by atoms with Crippen molar-refractivity contribution in [3.8, 4) is 0 Å². The van der Waals surface area contributed by atoms with Gasteiger partial charge >= 0.3 is 0 Å². The number of aromatic nitrogens is 2. The van der Waals surface area contributed by atoms with Crippen LogP contribution < -0.4 is 5.32 Å². The van der Waals surface area contributed by atoms with Gasteiger partial charge in [0.15, 0.2) is 0 Å². The molecule has 0 bridgehead atoms. The zero-order valence-electron chi connectivity index (χ0n) is 14.6. The monoisotopic (exact) mass is 293 g/mol. The smallest absolute Gasteiger partial charge is 0.0534 e. The molecule has 0 spiro atoms. The average Bonchev–Trinajstić information content (AvgIpc) is 2.87. The molecule has 0 aliphatic carbocycles. The summed E-state index contributed by atoms with van der Waals surface area (Å²) in [4.78, 5) is 0. The van der Waals surface area contributed by atoms with E-state index in [-0.39, 0.29) is 5.54 Å². The topological polar surface area (TPSA) is 29.9 Å². The first-order chi connectivity index (χ1) is 10.0. The maximum atomic E-state index is 4.45. The van der Waals surface area contributed by atoms with Crippen LogP contribution in [-0.4, -0.2) is 15.3 Å². The molecule has 3 nitrogen and oxygen atoms in total. The van der Waals surface area contributed by atoms with Gasteiger partial charge in [-0.05, 0) is 27.2 Å². The predicted octanol–water partition coefficient (Wildman–Crippen LogP) is 4.91. The molecule has 0 aromatic carbocycles. The normalized spacial score (nSPS) is 12.0. The van der Waals surface area contributed by atoms with Crippen LogP contribution in [-0.2, 0) is 13.1 Å². The van der Waals surface area contributed by atoms with Crippen LogP contribution >= 0.6 is 0 Å². The van der Waals surface area contributed by atoms with Gasteiger partial charge in [-0.3, -0.25) is 4.68 Å². The summed E-state index contributed by atoms with van der Waals surface area (Å²) in [6, 6.07) is 0. The molecule has 0 unspecified atom stereocenters. The largest absolute Gasteiger partial charge is 0.308 e. The Bertz CT molecular complexity index is 363. The predicted molar refractivity (Wildman–Crippen MR) is 91.4 cm³/mol. The summed E-state index contributed by atoms with van der Waals surface area (Å²) in [5.41, 5.74) is 1.45. The molecule has 21 heavy (non-hydrogen) atoms. The highest BCUT2D eigenvalue weighted by Gasteiger charge is 2.09. The van der Waals surface area contributed by atoms with E-state index in [1.807, 2.05) is 6.20 Å². The summed E-state index contributed by atoms with van der Waals surface area (Å²) >= 11 is 0. The highest BCUT2D eigenvalue weighted by atomic mass is 15.3. The zero-order valence-corrected chi connectivity index (χ0v) is 14.6. The Morgan fingerprint density at radius 1 is 1.00 bits per heavy atom. The lowest BCUT2D eigenvalue weighted by atomic mass is 10.1. The minimum absolute atomic E-state index is 0.167. The second-order valence-corrected chi connectivity index (χ2v) is 7.19. The molecule has 1 aromatic rings. The molecule has 0 saturated heterocycles. The van der Waals surface area contributed by atoms with Gasteiger partial charge < -0.3 is 5.32 Å². The van der Waals surface area contributed by atoms with Crippen molar-refractivity contribution in [1.82, 2.24) is 15.1 Å². The summed E-state index contributed by atoms with van der Waals surface area (Å²) in [7, 11) is 0. The Hall–Kier alpha value is -0.830. The molecular weight excluding hydrogens is 258 g/mol. The van der Waals surface area contributed by atoms with Gasteiger partial charge in [-0.2, -0.15) is 5.10 Å². The first-order valence-electron chi connectivity index (χ1n) is 8.77. The van der Waals surface area contributed by atoms with Gasteiger partial charge in [-0.15, -0.1) is 0 Å². The zero-order chi connectivity index (χ0) is 15.6. The Kier molecular flexibility index (Phi) is 8.67. The Morgan fingerprint density at radius 3 is 2.24 bits per heavy atom. The van der Waals surface area contributed by atoms with E-state index in [0.29, 0.717) is 0 Å². The van der Waals surface area contributed by atoms with E-state index in [1.165, 1.54) is 56.9 Å². The van der Waals surface area contributed by atoms with Gasteiger partial charge in [0.25, 0.3) is 0 Å². The minimum atomic E-state index is 0.167. The Morgan fingerprint density at radius 2 is 1.62 bits per heavy atom. The Balaban J connectivity index is 2.06. The molecule has 1 aromatic heterocycles. The lowest BCUT2D eigenvalue weighted by molar-refractivity contribution is 0.424. The van der Waals surface area contributed by atoms with Crippen molar-refractivity contribution in [2.45, 2.75) is 97.7 Å². The third-order valence-electron chi connectivity index (χ3n) is 3.75. The average molecular weight is 293 g/mol. The van der Waals surface area contributed by atoms with E-state index in [9.17, 15) is 0 Å². The van der Waals surface area contributed by atoms with Crippen molar-refractivity contribution in [3.05, 3.63) is 18.0 Å². The van der Waals surface area contributed by atoms with E-state index >= 15 is 0 Å². The summed E-state index contributed by atoms with van der Waals surface area (Å²) in [6.45, 7) is 10.8. The maximum absolute atomic E-state index is 4.45. The quantitative estimate of drug-likeness (QED) is 0.587. The number of unbranched alkanes of at least 4 members (excludes halogenated alkanes) is 7. The number of nitrogens with zero attached hydrogens (tertiary/aromatic N) is 2. The van der Waals surface area contributed by atoms with Crippen LogP contribution in [0.25, 0.3) is 0 Å². The molecule has 122 valence electrons.